The normalized spacial score (nSPS) is 24.9. The first-order valence-electron chi connectivity index (χ1n) is 37.8. The number of benzene rings is 3. The third kappa shape index (κ3) is 21.5. The second-order valence-electron chi connectivity index (χ2n) is 29.2. The van der Waals surface area contributed by atoms with E-state index in [4.69, 9.17) is 38.9 Å². The van der Waals surface area contributed by atoms with Crippen LogP contribution in [-0.2, 0) is 89.2 Å². The van der Waals surface area contributed by atoms with Gasteiger partial charge in [0.25, 0.3) is 0 Å². The summed E-state index contributed by atoms with van der Waals surface area (Å²) in [5.74, 6) is -1.23. The quantitative estimate of drug-likeness (QED) is 0.0208. The number of ketones is 2. The van der Waals surface area contributed by atoms with Gasteiger partial charge in [-0.05, 0) is 129 Å². The Hall–Kier alpha value is -8.91. The van der Waals surface area contributed by atoms with E-state index in [0.29, 0.717) is 25.1 Å². The minimum absolute atomic E-state index is 0.0000794. The van der Waals surface area contributed by atoms with E-state index in [1.807, 2.05) is 55.5 Å². The van der Waals surface area contributed by atoms with Crippen molar-refractivity contribution in [2.75, 3.05) is 95.1 Å². The van der Waals surface area contributed by atoms with Gasteiger partial charge in [-0.3, -0.25) is 43.2 Å². The molecular weight excluding hydrogens is 1460 g/mol. The largest absolute Gasteiger partial charge is 0.486 e. The predicted molar refractivity (Wildman–Crippen MR) is 402 cm³/mol. The lowest BCUT2D eigenvalue weighted by atomic mass is 9.44. The number of ether oxygens (including phenoxy) is 7. The number of urea groups is 1. The number of nitrogens with zero attached hydrogens (tertiary/aromatic N) is 1. The molecule has 11 N–H and O–H groups in total. The van der Waals surface area contributed by atoms with Crippen LogP contribution in [0.3, 0.4) is 0 Å². The second kappa shape index (κ2) is 40.0. The zero-order chi connectivity index (χ0) is 80.0. The number of aliphatic hydroxyl groups is 1. The highest BCUT2D eigenvalue weighted by Gasteiger charge is 2.80. The first-order valence-corrected chi connectivity index (χ1v) is 39.1. The van der Waals surface area contributed by atoms with E-state index in [-0.39, 0.29) is 171 Å². The lowest BCUT2D eigenvalue weighted by Crippen LogP contribution is -2.71. The van der Waals surface area contributed by atoms with Gasteiger partial charge in [-0.25, -0.2) is 17.8 Å². The van der Waals surface area contributed by atoms with Crippen LogP contribution in [0.5, 0.6) is 5.75 Å². The first-order chi connectivity index (χ1) is 53.1. The number of carbonyl (C=O) groups excluding carboxylic acids is 10. The number of halogens is 2. The molecule has 29 nitrogen and oxygen atoms in total. The molecule has 0 bridgehead atoms. The molecule has 3 aromatic carbocycles. The number of nitrogens with one attached hydrogen (secondary N) is 7. The van der Waals surface area contributed by atoms with Crippen LogP contribution in [0.4, 0.5) is 25.0 Å². The van der Waals surface area contributed by atoms with Gasteiger partial charge in [0.1, 0.15) is 36.7 Å². The molecule has 0 aromatic heterocycles. The zero-order valence-electron chi connectivity index (χ0n) is 63.3. The maximum atomic E-state index is 18.1. The summed E-state index contributed by atoms with van der Waals surface area (Å²) < 4.78 is 96.3. The zero-order valence-corrected chi connectivity index (χ0v) is 64.1. The van der Waals surface area contributed by atoms with Crippen molar-refractivity contribution in [1.29, 1.82) is 0 Å². The standard InChI is InChI=1S/C79H103F2N9O20S/c1-6-12-70-109-65-45-56-57-44-59(80)58-43-54(91)28-30-76(58,4)78(57,81)63(92)46-77(56,5)79(65,110-70)64(93)48-108-55-22-20-53(21-23-55)86-72(98)60(16-11-31-85-75(82)101)88-74(100)71(49(2)3)89-73(99)61(24-25-66(94)84-33-42-111(102)103)87-68(96)29-34-104-36-38-106-40-41-107-39-37-105-35-32-83-67(95)26-27-69(97)90-47-52-15-8-7-13-50(52)18-19-51-14-9-10-17-62(51)90/h7-10,13-15,17,20-23,28,30,43,49,56-57,59-61,63,65,70-71,92H,6,11-12,16,24-27,29,31-42,44-48H2,1-5H3,(H,83,95)(H,84,94)(H,86,98)(H,87,96)(H,88,100)(H,89,99)(H,102,103)(H3,82,85,101)/t56-,57-,59-,60-,61+,63-,65+,70?,71-,76-,77-,78-,79+/m0/s1. The molecule has 4 fully saturated rings. The SMILES string of the molecule is CCCC1O[C@@H]2C[C@H]3[C@@H]4C[C@H](F)C5=CC(=O)C=C[C@]5(C)[C@@]4(F)[C@@H](O)C[C@]3(C)[C@]2(C(=O)COc2ccc(NC(=O)[C@H](CCCNC(N)=O)NC(=O)[C@@H](NC(=O)[C@@H](CCC(=O)NCCS(=O)O)NC(=O)CCOCCOCCOCCOCCNC(=O)CCC(=O)N3Cc4ccccc4C#Cc4ccccc43)C(C)C)cc2)O1. The number of amides is 9. The van der Waals surface area contributed by atoms with E-state index in [0.717, 1.165) is 22.8 Å². The van der Waals surface area contributed by atoms with Crippen LogP contribution in [-0.4, -0.2) is 212 Å². The van der Waals surface area contributed by atoms with Crippen molar-refractivity contribution in [1.82, 2.24) is 31.9 Å². The Labute approximate surface area is 646 Å². The molecule has 2 aliphatic heterocycles. The van der Waals surface area contributed by atoms with Crippen molar-refractivity contribution >= 4 is 81.4 Å². The van der Waals surface area contributed by atoms with Gasteiger partial charge in [0.2, 0.25) is 47.1 Å². The van der Waals surface area contributed by atoms with Gasteiger partial charge in [-0.15, -0.1) is 0 Å². The fourth-order valence-electron chi connectivity index (χ4n) is 15.9. The highest BCUT2D eigenvalue weighted by molar-refractivity contribution is 7.79. The van der Waals surface area contributed by atoms with Gasteiger partial charge in [-0.2, -0.15) is 0 Å². The minimum Gasteiger partial charge on any atom is -0.486 e. The number of hydrogen-bond acceptors (Lipinski definition) is 19. The van der Waals surface area contributed by atoms with Crippen molar-refractivity contribution in [3.8, 4) is 17.6 Å². The topological polar surface area (TPSA) is 406 Å². The third-order valence-electron chi connectivity index (χ3n) is 21.5. The molecule has 9 amide bonds. The Morgan fingerprint density at radius 1 is 0.730 bits per heavy atom. The molecule has 3 aromatic rings. The van der Waals surface area contributed by atoms with Crippen LogP contribution in [0.15, 0.2) is 96.6 Å². The van der Waals surface area contributed by atoms with E-state index >= 15 is 8.78 Å². The molecule has 14 atom stereocenters. The number of alkyl halides is 2. The predicted octanol–water partition coefficient (Wildman–Crippen LogP) is 4.76. The molecule has 2 unspecified atom stereocenters. The first kappa shape index (κ1) is 86.1. The Balaban J connectivity index is 0.708. The summed E-state index contributed by atoms with van der Waals surface area (Å²) in [6, 6.07) is 16.2. The number of rotatable bonds is 42. The van der Waals surface area contributed by atoms with Crippen molar-refractivity contribution in [2.45, 2.75) is 172 Å². The summed E-state index contributed by atoms with van der Waals surface area (Å²) in [6.45, 7) is 9.66. The fourth-order valence-corrected chi connectivity index (χ4v) is 16.1. The van der Waals surface area contributed by atoms with Gasteiger partial charge >= 0.3 is 6.03 Å². The number of para-hydroxylation sites is 1. The highest BCUT2D eigenvalue weighted by atomic mass is 32.2. The second-order valence-corrected chi connectivity index (χ2v) is 30.3. The number of anilines is 2. The number of nitrogens with two attached hydrogens (primary N) is 1. The number of carbonyl (C=O) groups is 10. The van der Waals surface area contributed by atoms with Crippen LogP contribution in [0, 0.1) is 40.4 Å². The Morgan fingerprint density at radius 2 is 1.38 bits per heavy atom. The number of fused-ring (bicyclic) bond motifs is 9. The van der Waals surface area contributed by atoms with Crippen LogP contribution in [0.1, 0.15) is 128 Å². The van der Waals surface area contributed by atoms with Crippen molar-refractivity contribution in [3.63, 3.8) is 0 Å². The molecule has 0 spiro atoms. The summed E-state index contributed by atoms with van der Waals surface area (Å²) in [6.07, 6.45) is -1.52. The van der Waals surface area contributed by atoms with E-state index in [1.165, 1.54) is 43.3 Å². The monoisotopic (exact) mass is 1570 g/mol. The van der Waals surface area contributed by atoms with Gasteiger partial charge in [-0.1, -0.05) is 82.4 Å². The molecule has 4 aliphatic carbocycles. The van der Waals surface area contributed by atoms with Crippen LogP contribution in [0.25, 0.3) is 0 Å². The van der Waals surface area contributed by atoms with Crippen LogP contribution < -0.4 is 52.6 Å². The van der Waals surface area contributed by atoms with Crippen molar-refractivity contribution in [2.24, 2.45) is 34.3 Å². The summed E-state index contributed by atoms with van der Waals surface area (Å²) in [5.41, 5.74) is 1.65. The molecule has 32 heteroatoms. The van der Waals surface area contributed by atoms with Gasteiger partial charge < -0.3 is 90.7 Å². The Bertz CT molecular complexity index is 3990. The van der Waals surface area contributed by atoms with Crippen LogP contribution in [0.2, 0.25) is 0 Å². The number of hydrogen-bond donors (Lipinski definition) is 10. The maximum absolute atomic E-state index is 18.1. The van der Waals surface area contributed by atoms with Gasteiger partial charge in [0.15, 0.2) is 34.4 Å². The fraction of sp³-hybridized carbons (Fsp3) is 0.570. The summed E-state index contributed by atoms with van der Waals surface area (Å²) >= 11 is -2.20. The molecular formula is C79H103F2N9O20S. The molecule has 1 saturated heterocycles. The third-order valence-corrected chi connectivity index (χ3v) is 22.1. The van der Waals surface area contributed by atoms with E-state index in [2.05, 4.69) is 49.1 Å². The van der Waals surface area contributed by atoms with E-state index in [1.54, 1.807) is 25.7 Å². The minimum atomic E-state index is -2.40. The number of allylic oxidation sites excluding steroid dienone is 4. The molecule has 0 radical (unpaired) electrons. The van der Waals surface area contributed by atoms with Gasteiger partial charge in [0.05, 0.1) is 83.0 Å². The number of aliphatic hydroxyl groups excluding tert-OH is 1. The molecule has 6 aliphatic rings. The molecule has 2 heterocycles. The molecule has 3 saturated carbocycles. The van der Waals surface area contributed by atoms with E-state index < -0.39 is 147 Å². The average molecular weight is 1570 g/mol. The number of primary amides is 1. The summed E-state index contributed by atoms with van der Waals surface area (Å²) in [5, 5.41) is 30.5. The number of Topliss-reactive ketones (excluding diaryl/α,β-unsaturated/α-hetero) is 1. The molecule has 9 rings (SSSR count). The van der Waals surface area contributed by atoms with Crippen LogP contribution >= 0.6 is 0 Å². The summed E-state index contributed by atoms with van der Waals surface area (Å²) in [7, 11) is 0. The molecule has 604 valence electrons. The summed E-state index contributed by atoms with van der Waals surface area (Å²) in [4.78, 5) is 136. The molecule has 111 heavy (non-hydrogen) atoms. The smallest absolute Gasteiger partial charge is 0.312 e. The maximum Gasteiger partial charge on any atom is 0.312 e. The van der Waals surface area contributed by atoms with Gasteiger partial charge in [0, 0.05) is 78.9 Å². The van der Waals surface area contributed by atoms with E-state index in [9.17, 15) is 61.8 Å². The Kier molecular flexibility index (Phi) is 31.0. The van der Waals surface area contributed by atoms with Crippen molar-refractivity contribution in [3.05, 3.63) is 113 Å². The lowest BCUT2D eigenvalue weighted by molar-refractivity contribution is -0.234. The lowest BCUT2D eigenvalue weighted by Gasteiger charge is -2.63. The Morgan fingerprint density at radius 3 is 2.07 bits per heavy atom. The average Bonchev–Trinajstić information content (AvgIpc) is 1.55. The van der Waals surface area contributed by atoms with Crippen molar-refractivity contribution < 1.29 is 104 Å². The highest BCUT2D eigenvalue weighted by Crippen LogP contribution is 2.72.